The highest BCUT2D eigenvalue weighted by atomic mass is 127. The van der Waals surface area contributed by atoms with Gasteiger partial charge in [-0.05, 0) is 66.1 Å². The number of nitriles is 1. The largest absolute Gasteiger partial charge is 0.367 e. The number of amides is 1. The zero-order chi connectivity index (χ0) is 22.5. The fourth-order valence-electron chi connectivity index (χ4n) is 3.92. The van der Waals surface area contributed by atoms with Crippen molar-refractivity contribution in [1.29, 1.82) is 5.26 Å². The van der Waals surface area contributed by atoms with Gasteiger partial charge in [0.1, 0.15) is 11.9 Å². The van der Waals surface area contributed by atoms with E-state index in [0.717, 1.165) is 39.9 Å². The van der Waals surface area contributed by atoms with Crippen LogP contribution in [0.4, 0.5) is 17.2 Å². The van der Waals surface area contributed by atoms with Crippen molar-refractivity contribution in [2.45, 2.75) is 25.8 Å². The smallest absolute Gasteiger partial charge is 0.251 e. The summed E-state index contributed by atoms with van der Waals surface area (Å²) in [4.78, 5) is 19.4. The summed E-state index contributed by atoms with van der Waals surface area (Å²) in [6.07, 6.45) is 3.61. The SMILES string of the molecule is Cc1ccccc1Nc1ncc(N2CCC[C@@H](NC(=O)c3ccccc3)C2)c(C#N)c1I. The van der Waals surface area contributed by atoms with Crippen LogP contribution < -0.4 is 15.5 Å². The number of hydrogen-bond donors (Lipinski definition) is 2. The Kier molecular flexibility index (Phi) is 6.90. The number of rotatable bonds is 5. The van der Waals surface area contributed by atoms with Gasteiger partial charge in [0.05, 0.1) is 21.0 Å². The fraction of sp³-hybridized carbons (Fsp3) is 0.240. The molecule has 1 fully saturated rings. The van der Waals surface area contributed by atoms with Crippen molar-refractivity contribution >= 4 is 45.7 Å². The number of nitrogens with one attached hydrogen (secondary N) is 2. The van der Waals surface area contributed by atoms with Crippen LogP contribution in [0.25, 0.3) is 0 Å². The van der Waals surface area contributed by atoms with E-state index in [-0.39, 0.29) is 11.9 Å². The van der Waals surface area contributed by atoms with E-state index in [2.05, 4.69) is 49.2 Å². The molecule has 1 amide bonds. The van der Waals surface area contributed by atoms with E-state index >= 15 is 0 Å². The number of aryl methyl sites for hydroxylation is 1. The first-order chi connectivity index (χ1) is 15.6. The molecule has 4 rings (SSSR count). The third-order valence-electron chi connectivity index (χ3n) is 5.64. The molecule has 0 bridgehead atoms. The van der Waals surface area contributed by atoms with Crippen LogP contribution >= 0.6 is 22.6 Å². The second-order valence-electron chi connectivity index (χ2n) is 7.86. The molecule has 0 aliphatic carbocycles. The molecule has 1 aliphatic rings. The molecule has 162 valence electrons. The average molecular weight is 537 g/mol. The van der Waals surface area contributed by atoms with Crippen molar-refractivity contribution in [1.82, 2.24) is 10.3 Å². The number of piperidine rings is 1. The van der Waals surface area contributed by atoms with Gasteiger partial charge in [-0.25, -0.2) is 4.98 Å². The van der Waals surface area contributed by atoms with Gasteiger partial charge in [-0.3, -0.25) is 4.79 Å². The van der Waals surface area contributed by atoms with Crippen molar-refractivity contribution < 1.29 is 4.79 Å². The number of hydrogen-bond acceptors (Lipinski definition) is 5. The quantitative estimate of drug-likeness (QED) is 0.448. The molecule has 2 N–H and O–H groups in total. The van der Waals surface area contributed by atoms with Gasteiger partial charge in [0, 0.05) is 30.4 Å². The second-order valence-corrected chi connectivity index (χ2v) is 8.94. The van der Waals surface area contributed by atoms with Gasteiger partial charge in [0.2, 0.25) is 0 Å². The van der Waals surface area contributed by atoms with Crippen LogP contribution in [-0.2, 0) is 0 Å². The number of benzene rings is 2. The number of nitrogens with zero attached hydrogens (tertiary/aromatic N) is 3. The summed E-state index contributed by atoms with van der Waals surface area (Å²) in [6, 6.07) is 19.6. The normalized spacial score (nSPS) is 15.7. The summed E-state index contributed by atoms with van der Waals surface area (Å²) >= 11 is 2.19. The third kappa shape index (κ3) is 4.86. The number of carbonyl (C=O) groups excluding carboxylic acids is 1. The molecule has 0 unspecified atom stereocenters. The molecule has 7 heteroatoms. The molecule has 0 spiro atoms. The Hall–Kier alpha value is -3.12. The monoisotopic (exact) mass is 537 g/mol. The van der Waals surface area contributed by atoms with Crippen LogP contribution in [0.5, 0.6) is 0 Å². The third-order valence-corrected chi connectivity index (χ3v) is 6.69. The Labute approximate surface area is 201 Å². The van der Waals surface area contributed by atoms with Crippen molar-refractivity contribution in [3.63, 3.8) is 0 Å². The lowest BCUT2D eigenvalue weighted by Crippen LogP contribution is -2.48. The fourth-order valence-corrected chi connectivity index (χ4v) is 4.59. The summed E-state index contributed by atoms with van der Waals surface area (Å²) < 4.78 is 0.793. The Morgan fingerprint density at radius 2 is 1.94 bits per heavy atom. The Morgan fingerprint density at radius 1 is 1.19 bits per heavy atom. The molecular formula is C25H24IN5O. The summed E-state index contributed by atoms with van der Waals surface area (Å²) in [5.41, 5.74) is 4.15. The standard InChI is InChI=1S/C25H24IN5O/c1-17-8-5-6-12-21(17)30-24-23(26)20(14-27)22(15-28-24)31-13-7-11-19(16-31)29-25(32)18-9-3-2-4-10-18/h2-6,8-10,12,15,19H,7,11,13,16H2,1H3,(H,28,30)(H,29,32)/t19-/m1/s1. The summed E-state index contributed by atoms with van der Waals surface area (Å²) in [7, 11) is 0. The van der Waals surface area contributed by atoms with Crippen LogP contribution in [-0.4, -0.2) is 30.0 Å². The first-order valence-corrected chi connectivity index (χ1v) is 11.7. The van der Waals surface area contributed by atoms with Crippen LogP contribution in [0.15, 0.2) is 60.8 Å². The van der Waals surface area contributed by atoms with E-state index in [1.165, 1.54) is 0 Å². The number of anilines is 3. The van der Waals surface area contributed by atoms with Crippen molar-refractivity contribution in [2.24, 2.45) is 0 Å². The molecule has 1 aromatic heterocycles. The lowest BCUT2D eigenvalue weighted by Gasteiger charge is -2.35. The number of carbonyl (C=O) groups is 1. The van der Waals surface area contributed by atoms with Gasteiger partial charge in [0.15, 0.2) is 0 Å². The molecule has 2 aromatic carbocycles. The van der Waals surface area contributed by atoms with Crippen molar-refractivity contribution in [3.8, 4) is 6.07 Å². The predicted octanol–water partition coefficient (Wildman–Crippen LogP) is 5.01. The molecule has 1 saturated heterocycles. The molecular weight excluding hydrogens is 513 g/mol. The van der Waals surface area contributed by atoms with Gasteiger partial charge in [-0.2, -0.15) is 5.26 Å². The predicted molar refractivity (Wildman–Crippen MR) is 135 cm³/mol. The Balaban J connectivity index is 1.52. The van der Waals surface area contributed by atoms with Gasteiger partial charge in [0.25, 0.3) is 5.91 Å². The highest BCUT2D eigenvalue weighted by Gasteiger charge is 2.25. The minimum atomic E-state index is -0.0663. The molecule has 1 atom stereocenters. The maximum Gasteiger partial charge on any atom is 0.251 e. The highest BCUT2D eigenvalue weighted by Crippen LogP contribution is 2.32. The van der Waals surface area contributed by atoms with Crippen LogP contribution in [0.3, 0.4) is 0 Å². The zero-order valence-corrected chi connectivity index (χ0v) is 20.0. The lowest BCUT2D eigenvalue weighted by atomic mass is 10.0. The molecule has 0 radical (unpaired) electrons. The Bertz CT molecular complexity index is 1160. The number of aromatic nitrogens is 1. The van der Waals surface area contributed by atoms with E-state index in [0.29, 0.717) is 23.5 Å². The van der Waals surface area contributed by atoms with Gasteiger partial charge in [-0.15, -0.1) is 0 Å². The highest BCUT2D eigenvalue weighted by molar-refractivity contribution is 14.1. The Morgan fingerprint density at radius 3 is 2.69 bits per heavy atom. The van der Waals surface area contributed by atoms with E-state index in [9.17, 15) is 10.1 Å². The maximum atomic E-state index is 12.6. The number of halogens is 1. The topological polar surface area (TPSA) is 81.1 Å². The molecule has 0 saturated carbocycles. The van der Waals surface area contributed by atoms with E-state index in [1.54, 1.807) is 6.20 Å². The second kappa shape index (κ2) is 10.0. The molecule has 1 aliphatic heterocycles. The lowest BCUT2D eigenvalue weighted by molar-refractivity contribution is 0.0933. The van der Waals surface area contributed by atoms with Gasteiger partial charge >= 0.3 is 0 Å². The van der Waals surface area contributed by atoms with E-state index in [1.807, 2.05) is 61.5 Å². The molecule has 32 heavy (non-hydrogen) atoms. The summed E-state index contributed by atoms with van der Waals surface area (Å²) in [5, 5.41) is 16.4. The van der Waals surface area contributed by atoms with Crippen molar-refractivity contribution in [3.05, 3.63) is 81.1 Å². The van der Waals surface area contributed by atoms with Gasteiger partial charge in [-0.1, -0.05) is 36.4 Å². The number of pyridine rings is 1. The first kappa shape index (κ1) is 22.1. The summed E-state index contributed by atoms with van der Waals surface area (Å²) in [5.74, 6) is 0.606. The van der Waals surface area contributed by atoms with Crippen LogP contribution in [0.1, 0.15) is 34.3 Å². The van der Waals surface area contributed by atoms with Crippen LogP contribution in [0.2, 0.25) is 0 Å². The molecule has 6 nitrogen and oxygen atoms in total. The minimum Gasteiger partial charge on any atom is -0.367 e. The number of para-hydroxylation sites is 1. The van der Waals surface area contributed by atoms with E-state index in [4.69, 9.17) is 0 Å². The first-order valence-electron chi connectivity index (χ1n) is 10.6. The molecule has 3 aromatic rings. The average Bonchev–Trinajstić information content (AvgIpc) is 2.82. The van der Waals surface area contributed by atoms with E-state index < -0.39 is 0 Å². The minimum absolute atomic E-state index is 0.0189. The van der Waals surface area contributed by atoms with Gasteiger partial charge < -0.3 is 15.5 Å². The molecule has 2 heterocycles. The summed E-state index contributed by atoms with van der Waals surface area (Å²) in [6.45, 7) is 3.51. The maximum absolute atomic E-state index is 12.6. The van der Waals surface area contributed by atoms with Crippen LogP contribution in [0, 0.1) is 21.8 Å². The zero-order valence-electron chi connectivity index (χ0n) is 17.8. The van der Waals surface area contributed by atoms with Crippen molar-refractivity contribution in [2.75, 3.05) is 23.3 Å².